The van der Waals surface area contributed by atoms with Crippen molar-refractivity contribution >= 4 is 5.91 Å². The zero-order valence-corrected chi connectivity index (χ0v) is 11.4. The number of rotatable bonds is 2. The third kappa shape index (κ3) is 2.80. The van der Waals surface area contributed by atoms with E-state index in [1.54, 1.807) is 0 Å². The highest BCUT2D eigenvalue weighted by atomic mass is 16.2. The number of carbonyl (C=O) groups excluding carboxylic acids is 1. The summed E-state index contributed by atoms with van der Waals surface area (Å²) in [5.41, 5.74) is 0. The first kappa shape index (κ1) is 12.8. The molecule has 0 aliphatic carbocycles. The molecular formula is C13H25N3O. The smallest absolute Gasteiger partial charge is 0.239 e. The van der Waals surface area contributed by atoms with Gasteiger partial charge in [-0.15, -0.1) is 0 Å². The molecule has 2 rings (SSSR count). The van der Waals surface area contributed by atoms with Crippen molar-refractivity contribution < 1.29 is 4.79 Å². The minimum absolute atomic E-state index is 0.139. The largest absolute Gasteiger partial charge is 0.341 e. The van der Waals surface area contributed by atoms with Crippen LogP contribution < -0.4 is 0 Å². The Labute approximate surface area is 105 Å². The summed E-state index contributed by atoms with van der Waals surface area (Å²) in [6.07, 6.45) is 4.44. The maximum atomic E-state index is 12.4. The van der Waals surface area contributed by atoms with Crippen LogP contribution in [0.2, 0.25) is 0 Å². The van der Waals surface area contributed by atoms with Crippen LogP contribution in [0.15, 0.2) is 0 Å². The summed E-state index contributed by atoms with van der Waals surface area (Å²) in [6.45, 7) is 3.29. The van der Waals surface area contributed by atoms with E-state index in [4.69, 9.17) is 0 Å². The number of carbonyl (C=O) groups is 1. The molecule has 0 spiro atoms. The molecule has 0 radical (unpaired) electrons. The van der Waals surface area contributed by atoms with Crippen molar-refractivity contribution in [2.75, 3.05) is 40.8 Å². The van der Waals surface area contributed by atoms with Gasteiger partial charge >= 0.3 is 0 Å². The molecule has 2 heterocycles. The van der Waals surface area contributed by atoms with E-state index in [-0.39, 0.29) is 6.04 Å². The minimum Gasteiger partial charge on any atom is -0.341 e. The lowest BCUT2D eigenvalue weighted by molar-refractivity contribution is -0.137. The van der Waals surface area contributed by atoms with Gasteiger partial charge in [0.15, 0.2) is 0 Å². The lowest BCUT2D eigenvalue weighted by atomic mass is 10.0. The zero-order valence-electron chi connectivity index (χ0n) is 11.4. The average molecular weight is 239 g/mol. The topological polar surface area (TPSA) is 26.8 Å². The quantitative estimate of drug-likeness (QED) is 0.707. The van der Waals surface area contributed by atoms with Crippen LogP contribution in [0.5, 0.6) is 0 Å². The molecule has 1 unspecified atom stereocenters. The highest BCUT2D eigenvalue weighted by Gasteiger charge is 2.33. The first-order valence-corrected chi connectivity index (χ1v) is 6.75. The molecule has 0 aromatic heterocycles. The minimum atomic E-state index is 0.139. The van der Waals surface area contributed by atoms with Gasteiger partial charge in [-0.1, -0.05) is 0 Å². The van der Waals surface area contributed by atoms with Crippen LogP contribution >= 0.6 is 0 Å². The van der Waals surface area contributed by atoms with Crippen LogP contribution in [0.3, 0.4) is 0 Å². The monoisotopic (exact) mass is 239 g/mol. The lowest BCUT2D eigenvalue weighted by Crippen LogP contribution is -2.50. The first-order valence-electron chi connectivity index (χ1n) is 6.75. The second-order valence-corrected chi connectivity index (χ2v) is 5.62. The summed E-state index contributed by atoms with van der Waals surface area (Å²) in [5.74, 6) is 0.333. The molecule has 0 N–H and O–H groups in total. The van der Waals surface area contributed by atoms with Crippen LogP contribution in [0.25, 0.3) is 0 Å². The van der Waals surface area contributed by atoms with Gasteiger partial charge in [-0.2, -0.15) is 0 Å². The van der Waals surface area contributed by atoms with Crippen LogP contribution in [0.4, 0.5) is 0 Å². The van der Waals surface area contributed by atoms with E-state index in [0.717, 1.165) is 45.3 Å². The molecule has 1 atom stereocenters. The Kier molecular flexibility index (Phi) is 4.05. The molecule has 2 fully saturated rings. The first-order chi connectivity index (χ1) is 8.09. The Morgan fingerprint density at radius 2 is 1.76 bits per heavy atom. The van der Waals surface area contributed by atoms with Gasteiger partial charge in [0.1, 0.15) is 0 Å². The summed E-state index contributed by atoms with van der Waals surface area (Å²) < 4.78 is 0. The highest BCUT2D eigenvalue weighted by molar-refractivity contribution is 5.82. The molecule has 17 heavy (non-hydrogen) atoms. The van der Waals surface area contributed by atoms with E-state index in [1.165, 1.54) is 0 Å². The van der Waals surface area contributed by atoms with Crippen molar-refractivity contribution in [2.24, 2.45) is 0 Å². The molecule has 1 amide bonds. The molecular weight excluding hydrogens is 214 g/mol. The predicted molar refractivity (Wildman–Crippen MR) is 68.9 cm³/mol. The van der Waals surface area contributed by atoms with Gasteiger partial charge in [-0.05, 0) is 59.4 Å². The molecule has 2 aliphatic heterocycles. The molecule has 4 heteroatoms. The summed E-state index contributed by atoms with van der Waals surface area (Å²) in [4.78, 5) is 19.0. The summed E-state index contributed by atoms with van der Waals surface area (Å²) in [6, 6.07) is 0.590. The van der Waals surface area contributed by atoms with Gasteiger partial charge in [0.2, 0.25) is 5.91 Å². The predicted octanol–water partition coefficient (Wildman–Crippen LogP) is 0.633. The molecule has 98 valence electrons. The van der Waals surface area contributed by atoms with Crippen LogP contribution in [0, 0.1) is 0 Å². The van der Waals surface area contributed by atoms with Crippen molar-refractivity contribution in [2.45, 2.75) is 37.8 Å². The Balaban J connectivity index is 1.90. The van der Waals surface area contributed by atoms with Crippen LogP contribution in [-0.4, -0.2) is 73.5 Å². The Hall–Kier alpha value is -0.610. The second kappa shape index (κ2) is 5.36. The standard InChI is InChI=1S/C13H25N3O/c1-14-9-6-11(7-10-14)16(3)13(17)12-5-4-8-15(12)2/h11-12H,4-10H2,1-3H3. The highest BCUT2D eigenvalue weighted by Crippen LogP contribution is 2.20. The summed E-state index contributed by atoms with van der Waals surface area (Å²) in [5, 5.41) is 0. The number of hydrogen-bond acceptors (Lipinski definition) is 3. The van der Waals surface area contributed by atoms with E-state index in [0.29, 0.717) is 11.9 Å². The fourth-order valence-corrected chi connectivity index (χ4v) is 3.02. The van der Waals surface area contributed by atoms with Gasteiger partial charge in [-0.25, -0.2) is 0 Å². The molecule has 4 nitrogen and oxygen atoms in total. The fourth-order valence-electron chi connectivity index (χ4n) is 3.02. The third-order valence-electron chi connectivity index (χ3n) is 4.39. The zero-order chi connectivity index (χ0) is 12.4. The molecule has 0 aromatic rings. The van der Waals surface area contributed by atoms with E-state index >= 15 is 0 Å². The Morgan fingerprint density at radius 3 is 2.29 bits per heavy atom. The fraction of sp³-hybridized carbons (Fsp3) is 0.923. The van der Waals surface area contributed by atoms with Crippen molar-refractivity contribution in [1.82, 2.24) is 14.7 Å². The molecule has 0 saturated carbocycles. The second-order valence-electron chi connectivity index (χ2n) is 5.62. The number of hydrogen-bond donors (Lipinski definition) is 0. The number of likely N-dealkylation sites (tertiary alicyclic amines) is 2. The lowest BCUT2D eigenvalue weighted by Gasteiger charge is -2.37. The molecule has 0 bridgehead atoms. The number of piperidine rings is 1. The molecule has 0 aromatic carbocycles. The van der Waals surface area contributed by atoms with Gasteiger partial charge in [0.25, 0.3) is 0 Å². The van der Waals surface area contributed by atoms with E-state index < -0.39 is 0 Å². The van der Waals surface area contributed by atoms with Crippen molar-refractivity contribution in [3.8, 4) is 0 Å². The van der Waals surface area contributed by atoms with E-state index in [2.05, 4.69) is 23.9 Å². The van der Waals surface area contributed by atoms with Crippen LogP contribution in [0.1, 0.15) is 25.7 Å². The van der Waals surface area contributed by atoms with Gasteiger partial charge in [-0.3, -0.25) is 9.69 Å². The number of nitrogens with zero attached hydrogens (tertiary/aromatic N) is 3. The van der Waals surface area contributed by atoms with Gasteiger partial charge < -0.3 is 9.80 Å². The maximum Gasteiger partial charge on any atom is 0.239 e. The van der Waals surface area contributed by atoms with E-state index in [1.807, 2.05) is 11.9 Å². The van der Waals surface area contributed by atoms with Crippen molar-refractivity contribution in [1.29, 1.82) is 0 Å². The van der Waals surface area contributed by atoms with Crippen LogP contribution in [-0.2, 0) is 4.79 Å². The SMILES string of the molecule is CN1CCC(N(C)C(=O)C2CCCN2C)CC1. The Morgan fingerprint density at radius 1 is 1.12 bits per heavy atom. The summed E-state index contributed by atoms with van der Waals surface area (Å²) >= 11 is 0. The maximum absolute atomic E-state index is 12.4. The summed E-state index contributed by atoms with van der Waals surface area (Å²) in [7, 11) is 6.21. The van der Waals surface area contributed by atoms with Crippen molar-refractivity contribution in [3.05, 3.63) is 0 Å². The van der Waals surface area contributed by atoms with Gasteiger partial charge in [0, 0.05) is 13.1 Å². The Bertz CT molecular complexity index is 274. The normalized spacial score (nSPS) is 28.5. The number of likely N-dealkylation sites (N-methyl/N-ethyl adjacent to an activating group) is 2. The number of amides is 1. The van der Waals surface area contributed by atoms with E-state index in [9.17, 15) is 4.79 Å². The van der Waals surface area contributed by atoms with Crippen molar-refractivity contribution in [3.63, 3.8) is 0 Å². The van der Waals surface area contributed by atoms with Gasteiger partial charge in [0.05, 0.1) is 6.04 Å². The average Bonchev–Trinajstić information content (AvgIpc) is 2.74. The molecule has 2 saturated heterocycles. The third-order valence-corrected chi connectivity index (χ3v) is 4.39. The molecule has 2 aliphatic rings.